The molecule has 264 valence electrons. The van der Waals surface area contributed by atoms with Gasteiger partial charge in [-0.2, -0.15) is 13.0 Å². The normalized spacial score (nSPS) is 15.3. The number of hydrogen-bond donors (Lipinski definition) is 2. The zero-order chi connectivity index (χ0) is 35.9. The molecular weight excluding hydrogens is 637 g/mol. The Morgan fingerprint density at radius 3 is 2.26 bits per heavy atom. The lowest BCUT2D eigenvalue weighted by molar-refractivity contribution is -0.438. The second-order valence-electron chi connectivity index (χ2n) is 14.8. The van der Waals surface area contributed by atoms with Gasteiger partial charge in [0.25, 0.3) is 10.1 Å². The van der Waals surface area contributed by atoms with Gasteiger partial charge in [0.1, 0.15) is 12.2 Å². The van der Waals surface area contributed by atoms with Crippen molar-refractivity contribution in [3.8, 4) is 0 Å². The SMILES string of the molecule is CCCCC[N+]1=C(/C=C/C=C/CC/C=C(/CCCCS(=O)(=O)O)C(C)(C)c2c([NH3+])ccc3ccccc23)C(C)(C)c2c1ccc1ccccc21. The average Bonchev–Trinajstić information content (AvgIpc) is 3.29. The van der Waals surface area contributed by atoms with E-state index in [1.54, 1.807) is 0 Å². The average molecular weight is 693 g/mol. The Bertz CT molecular complexity index is 2070. The molecule has 5 rings (SSSR count). The summed E-state index contributed by atoms with van der Waals surface area (Å²) in [6.07, 6.45) is 18.5. The molecule has 0 saturated heterocycles. The van der Waals surface area contributed by atoms with Gasteiger partial charge in [-0.15, -0.1) is 0 Å². The van der Waals surface area contributed by atoms with Gasteiger partial charge in [0.05, 0.1) is 11.2 Å². The molecule has 0 spiro atoms. The van der Waals surface area contributed by atoms with Crippen LogP contribution in [-0.2, 0) is 20.9 Å². The third-order valence-electron chi connectivity index (χ3n) is 10.5. The van der Waals surface area contributed by atoms with E-state index in [2.05, 4.69) is 148 Å². The Morgan fingerprint density at radius 1 is 0.860 bits per heavy atom. The Kier molecular flexibility index (Phi) is 12.0. The molecule has 0 saturated carbocycles. The lowest BCUT2D eigenvalue weighted by Crippen LogP contribution is -2.43. The Balaban J connectivity index is 1.36. The number of rotatable bonds is 16. The lowest BCUT2D eigenvalue weighted by Gasteiger charge is -2.31. The van der Waals surface area contributed by atoms with E-state index < -0.39 is 10.1 Å². The fourth-order valence-corrected chi connectivity index (χ4v) is 8.53. The number of unbranched alkanes of at least 4 members (excludes halogenated alkanes) is 4. The highest BCUT2D eigenvalue weighted by Gasteiger charge is 2.45. The number of fused-ring (bicyclic) bond motifs is 4. The fraction of sp³-hybridized carbons (Fsp3) is 0.386. The maximum atomic E-state index is 11.4. The van der Waals surface area contributed by atoms with Crippen LogP contribution in [0, 0.1) is 0 Å². The van der Waals surface area contributed by atoms with Crippen LogP contribution in [0.25, 0.3) is 21.5 Å². The van der Waals surface area contributed by atoms with Crippen molar-refractivity contribution in [3.63, 3.8) is 0 Å². The highest BCUT2D eigenvalue weighted by Crippen LogP contribution is 2.45. The van der Waals surface area contributed by atoms with Gasteiger partial charge in [-0.25, -0.2) is 0 Å². The van der Waals surface area contributed by atoms with Crippen LogP contribution in [0.15, 0.2) is 109 Å². The maximum Gasteiger partial charge on any atom is 0.264 e. The Labute approximate surface area is 300 Å². The molecule has 1 aliphatic rings. The van der Waals surface area contributed by atoms with Gasteiger partial charge in [0.2, 0.25) is 5.69 Å². The number of quaternary nitrogens is 1. The first-order valence-electron chi connectivity index (χ1n) is 18.4. The summed E-state index contributed by atoms with van der Waals surface area (Å²) in [5.74, 6) is -0.211. The summed E-state index contributed by atoms with van der Waals surface area (Å²) in [5.41, 5.74) is 11.6. The minimum atomic E-state index is -3.97. The van der Waals surface area contributed by atoms with Crippen molar-refractivity contribution < 1.29 is 23.3 Å². The van der Waals surface area contributed by atoms with Crippen LogP contribution in [0.1, 0.15) is 97.1 Å². The summed E-state index contributed by atoms with van der Waals surface area (Å²) in [4.78, 5) is 0. The van der Waals surface area contributed by atoms with E-state index in [1.165, 1.54) is 68.9 Å². The molecule has 4 aromatic carbocycles. The van der Waals surface area contributed by atoms with Crippen LogP contribution in [0.3, 0.4) is 0 Å². The highest BCUT2D eigenvalue weighted by molar-refractivity contribution is 7.85. The van der Waals surface area contributed by atoms with E-state index in [-0.39, 0.29) is 16.6 Å². The first kappa shape index (κ1) is 37.4. The zero-order valence-corrected chi connectivity index (χ0v) is 31.5. The largest absolute Gasteiger partial charge is 0.325 e. The van der Waals surface area contributed by atoms with Crippen molar-refractivity contribution in [2.45, 2.75) is 96.8 Å². The molecule has 0 radical (unpaired) electrons. The highest BCUT2D eigenvalue weighted by atomic mass is 32.2. The molecule has 0 amide bonds. The smallest absolute Gasteiger partial charge is 0.264 e. The molecular formula is C44H56N2O3S+2. The first-order chi connectivity index (χ1) is 23.9. The van der Waals surface area contributed by atoms with E-state index in [4.69, 9.17) is 0 Å². The van der Waals surface area contributed by atoms with E-state index >= 15 is 0 Å². The molecule has 1 heterocycles. The van der Waals surface area contributed by atoms with Gasteiger partial charge in [0, 0.05) is 35.1 Å². The Hall–Kier alpha value is -3.84. The molecule has 0 aliphatic carbocycles. The van der Waals surface area contributed by atoms with Crippen molar-refractivity contribution >= 4 is 48.7 Å². The summed E-state index contributed by atoms with van der Waals surface area (Å²) in [6.45, 7) is 12.5. The van der Waals surface area contributed by atoms with Crippen LogP contribution in [0.5, 0.6) is 0 Å². The predicted octanol–water partition coefficient (Wildman–Crippen LogP) is 10.3. The summed E-state index contributed by atoms with van der Waals surface area (Å²) in [6, 6.07) is 26.0. The van der Waals surface area contributed by atoms with E-state index in [1.807, 2.05) is 0 Å². The third-order valence-corrected chi connectivity index (χ3v) is 11.3. The molecule has 0 bridgehead atoms. The van der Waals surface area contributed by atoms with E-state index in [0.29, 0.717) is 12.8 Å². The molecule has 6 heteroatoms. The molecule has 0 atom stereocenters. The topological polar surface area (TPSA) is 85.0 Å². The van der Waals surface area contributed by atoms with Gasteiger partial charge in [-0.05, 0) is 92.1 Å². The summed E-state index contributed by atoms with van der Waals surface area (Å²) in [5, 5.41) is 5.02. The molecule has 1 aliphatic heterocycles. The quantitative estimate of drug-likeness (QED) is 0.0403. The van der Waals surface area contributed by atoms with Crippen molar-refractivity contribution in [1.82, 2.24) is 0 Å². The maximum absolute atomic E-state index is 11.4. The van der Waals surface area contributed by atoms with Gasteiger partial charge in [-0.1, -0.05) is 106 Å². The van der Waals surface area contributed by atoms with Crippen LogP contribution in [0.4, 0.5) is 11.4 Å². The van der Waals surface area contributed by atoms with Gasteiger partial charge in [0.15, 0.2) is 5.71 Å². The van der Waals surface area contributed by atoms with Crippen molar-refractivity contribution in [2.75, 3.05) is 12.3 Å². The summed E-state index contributed by atoms with van der Waals surface area (Å²) < 4.78 is 34.7. The number of benzene rings is 4. The molecule has 5 nitrogen and oxygen atoms in total. The molecule has 0 unspecified atom stereocenters. The van der Waals surface area contributed by atoms with Crippen LogP contribution < -0.4 is 5.73 Å². The van der Waals surface area contributed by atoms with Gasteiger partial charge >= 0.3 is 0 Å². The van der Waals surface area contributed by atoms with Crippen LogP contribution >= 0.6 is 0 Å². The monoisotopic (exact) mass is 692 g/mol. The Morgan fingerprint density at radius 2 is 1.54 bits per heavy atom. The molecule has 4 N–H and O–H groups in total. The van der Waals surface area contributed by atoms with Crippen molar-refractivity contribution in [2.24, 2.45) is 0 Å². The van der Waals surface area contributed by atoms with Crippen LogP contribution in [-0.4, -0.2) is 35.6 Å². The second-order valence-corrected chi connectivity index (χ2v) is 16.4. The van der Waals surface area contributed by atoms with Gasteiger partial charge in [-0.3, -0.25) is 4.55 Å². The van der Waals surface area contributed by atoms with E-state index in [0.717, 1.165) is 31.5 Å². The minimum absolute atomic E-state index is 0.111. The molecule has 4 aromatic rings. The minimum Gasteiger partial charge on any atom is -0.325 e. The van der Waals surface area contributed by atoms with E-state index in [9.17, 15) is 13.0 Å². The summed E-state index contributed by atoms with van der Waals surface area (Å²) >= 11 is 0. The summed E-state index contributed by atoms with van der Waals surface area (Å²) in [7, 11) is -3.97. The molecule has 0 aromatic heterocycles. The molecule has 0 fully saturated rings. The van der Waals surface area contributed by atoms with Gasteiger partial charge < -0.3 is 5.73 Å². The van der Waals surface area contributed by atoms with Crippen molar-refractivity contribution in [1.29, 1.82) is 0 Å². The fourth-order valence-electron chi connectivity index (χ4n) is 7.96. The lowest BCUT2D eigenvalue weighted by atomic mass is 9.73. The third kappa shape index (κ3) is 8.37. The van der Waals surface area contributed by atoms with Crippen LogP contribution in [0.2, 0.25) is 0 Å². The van der Waals surface area contributed by atoms with Crippen molar-refractivity contribution in [3.05, 3.63) is 120 Å². The number of nitrogens with zero attached hydrogens (tertiary/aromatic N) is 1. The number of allylic oxidation sites excluding steroid dienone is 6. The number of hydrogen-bond acceptors (Lipinski definition) is 2. The first-order valence-corrected chi connectivity index (χ1v) is 20.0. The molecule has 50 heavy (non-hydrogen) atoms. The zero-order valence-electron chi connectivity index (χ0n) is 30.7. The standard InChI is InChI=1S/C44H54N2O3S/c1-6-7-18-31-46-39-30-28-34-21-14-16-25-37(34)42(39)44(4,5)40(46)26-12-10-8-9-11-22-35(23-17-19-32-50(47,48)49)43(2,3)41-36-24-15-13-20-33(36)27-29-38(41)45/h8,10,12-16,20-22,24-30H,6-7,9,11,17-19,23,31-32,45H2,1-5H3/p+2/b10-8+,26-12+,35-22-. The second kappa shape index (κ2) is 16.0. The predicted molar refractivity (Wildman–Crippen MR) is 212 cm³/mol.